The van der Waals surface area contributed by atoms with Gasteiger partial charge in [0.25, 0.3) is 0 Å². The molecule has 7 nitrogen and oxygen atoms in total. The lowest BCUT2D eigenvalue weighted by Crippen LogP contribution is -2.39. The summed E-state index contributed by atoms with van der Waals surface area (Å²) in [7, 11) is -7.99. The van der Waals surface area contributed by atoms with Gasteiger partial charge in [-0.15, -0.1) is 0 Å². The standard InChI is InChI=1S/C29H37Cl3N2O5S2/c1-19(2)15-33(40(36,37)26-8-6-21(5)7-9-26)17-22-10-23(12-24(30)11-22)18-34(16-20(3)4)41(38,39)28-14-25(31)13-27(32)29(28)35/h6-10,12-14,19-20,22,35H,11,15-18H2,1-5H3. The van der Waals surface area contributed by atoms with Gasteiger partial charge in [0.05, 0.1) is 9.92 Å². The molecule has 0 saturated heterocycles. The predicted molar refractivity (Wildman–Crippen MR) is 167 cm³/mol. The minimum absolute atomic E-state index is 0.0360. The molecule has 2 aromatic carbocycles. The number of hydrogen-bond acceptors (Lipinski definition) is 5. The van der Waals surface area contributed by atoms with Crippen LogP contribution in [0, 0.1) is 24.7 Å². The van der Waals surface area contributed by atoms with Crippen molar-refractivity contribution in [2.24, 2.45) is 17.8 Å². The Kier molecular flexibility index (Phi) is 11.4. The van der Waals surface area contributed by atoms with Crippen molar-refractivity contribution in [2.45, 2.75) is 50.8 Å². The molecule has 2 aromatic rings. The van der Waals surface area contributed by atoms with Gasteiger partial charge in [0.2, 0.25) is 20.0 Å². The first-order chi connectivity index (χ1) is 19.0. The maximum absolute atomic E-state index is 13.7. The van der Waals surface area contributed by atoms with Gasteiger partial charge >= 0.3 is 0 Å². The molecule has 1 aliphatic carbocycles. The average molecular weight is 664 g/mol. The lowest BCUT2D eigenvalue weighted by Gasteiger charge is -2.30. The van der Waals surface area contributed by atoms with E-state index in [1.807, 2.05) is 40.7 Å². The minimum atomic E-state index is -4.21. The second-order valence-electron chi connectivity index (χ2n) is 11.3. The Morgan fingerprint density at radius 1 is 0.902 bits per heavy atom. The summed E-state index contributed by atoms with van der Waals surface area (Å²) in [5, 5.41) is 10.9. The number of hydrogen-bond donors (Lipinski definition) is 1. The molecular formula is C29H37Cl3N2O5S2. The third kappa shape index (κ3) is 8.72. The Morgan fingerprint density at radius 3 is 2.07 bits per heavy atom. The number of rotatable bonds is 12. The van der Waals surface area contributed by atoms with Gasteiger partial charge in [-0.05, 0) is 67.0 Å². The summed E-state index contributed by atoms with van der Waals surface area (Å²) in [5.74, 6) is -0.807. The third-order valence-corrected chi connectivity index (χ3v) is 10.9. The lowest BCUT2D eigenvalue weighted by molar-refractivity contribution is 0.334. The van der Waals surface area contributed by atoms with Crippen LogP contribution in [0.5, 0.6) is 5.75 Å². The number of sulfonamides is 2. The molecule has 3 rings (SSSR count). The van der Waals surface area contributed by atoms with E-state index in [1.165, 1.54) is 20.7 Å². The monoisotopic (exact) mass is 662 g/mol. The molecule has 0 radical (unpaired) electrons. The number of phenols is 1. The SMILES string of the molecule is Cc1ccc(S(=O)(=O)N(CC(C)C)CC2C=C(CN(CC(C)C)S(=O)(=O)c3cc(Cl)cc(Cl)c3O)C=C(Cl)C2)cc1. The van der Waals surface area contributed by atoms with Gasteiger partial charge in [-0.2, -0.15) is 8.61 Å². The molecule has 1 N–H and O–H groups in total. The number of nitrogens with zero attached hydrogens (tertiary/aromatic N) is 2. The average Bonchev–Trinajstić information content (AvgIpc) is 2.84. The van der Waals surface area contributed by atoms with Gasteiger partial charge in [-0.3, -0.25) is 0 Å². The molecule has 0 aliphatic heterocycles. The summed E-state index contributed by atoms with van der Waals surface area (Å²) < 4.78 is 57.4. The van der Waals surface area contributed by atoms with Crippen molar-refractivity contribution in [3.63, 3.8) is 0 Å². The van der Waals surface area contributed by atoms with Crippen molar-refractivity contribution in [3.8, 4) is 5.75 Å². The van der Waals surface area contributed by atoms with Crippen molar-refractivity contribution >= 4 is 54.8 Å². The summed E-state index contributed by atoms with van der Waals surface area (Å²) in [4.78, 5) is -0.162. The highest BCUT2D eigenvalue weighted by Crippen LogP contribution is 2.37. The molecule has 41 heavy (non-hydrogen) atoms. The first-order valence-electron chi connectivity index (χ1n) is 13.3. The molecule has 0 heterocycles. The van der Waals surface area contributed by atoms with Crippen LogP contribution in [-0.2, 0) is 20.0 Å². The van der Waals surface area contributed by atoms with Gasteiger partial charge in [0.1, 0.15) is 4.90 Å². The first-order valence-corrected chi connectivity index (χ1v) is 17.3. The molecule has 0 bridgehead atoms. The van der Waals surface area contributed by atoms with Gasteiger partial charge in [0, 0.05) is 36.2 Å². The molecule has 0 aromatic heterocycles. The van der Waals surface area contributed by atoms with E-state index in [0.717, 1.165) is 5.56 Å². The Labute approximate surface area is 259 Å². The van der Waals surface area contributed by atoms with Crippen LogP contribution in [0.2, 0.25) is 10.0 Å². The predicted octanol–water partition coefficient (Wildman–Crippen LogP) is 7.07. The van der Waals surface area contributed by atoms with Crippen LogP contribution in [0.4, 0.5) is 0 Å². The number of aryl methyl sites for hydroxylation is 1. The van der Waals surface area contributed by atoms with Crippen molar-refractivity contribution in [1.82, 2.24) is 8.61 Å². The number of aromatic hydroxyl groups is 1. The van der Waals surface area contributed by atoms with Crippen LogP contribution in [0.25, 0.3) is 0 Å². The van der Waals surface area contributed by atoms with E-state index < -0.39 is 25.8 Å². The Hall–Kier alpha value is -1.59. The largest absolute Gasteiger partial charge is 0.505 e. The molecule has 1 aliphatic rings. The van der Waals surface area contributed by atoms with Crippen LogP contribution in [0.3, 0.4) is 0 Å². The summed E-state index contributed by atoms with van der Waals surface area (Å²) in [6, 6.07) is 9.21. The summed E-state index contributed by atoms with van der Waals surface area (Å²) >= 11 is 18.6. The third-order valence-electron chi connectivity index (χ3n) is 6.45. The minimum Gasteiger partial charge on any atom is -0.505 e. The topological polar surface area (TPSA) is 95.0 Å². The van der Waals surface area contributed by atoms with Crippen molar-refractivity contribution in [1.29, 1.82) is 0 Å². The molecule has 0 amide bonds. The normalized spacial score (nSPS) is 16.5. The number of halogens is 3. The highest BCUT2D eigenvalue weighted by atomic mass is 35.5. The number of allylic oxidation sites excluding steroid dienone is 1. The molecule has 1 unspecified atom stereocenters. The molecule has 0 saturated carbocycles. The Balaban J connectivity index is 1.95. The molecule has 1 atom stereocenters. The molecular weight excluding hydrogens is 627 g/mol. The number of benzene rings is 2. The van der Waals surface area contributed by atoms with Crippen LogP contribution < -0.4 is 0 Å². The van der Waals surface area contributed by atoms with Gasteiger partial charge in [-0.1, -0.05) is 86.3 Å². The summed E-state index contributed by atoms with van der Waals surface area (Å²) in [5.41, 5.74) is 1.59. The van der Waals surface area contributed by atoms with Crippen LogP contribution >= 0.6 is 34.8 Å². The van der Waals surface area contributed by atoms with E-state index in [9.17, 15) is 21.9 Å². The van der Waals surface area contributed by atoms with E-state index >= 15 is 0 Å². The Morgan fingerprint density at radius 2 is 1.49 bits per heavy atom. The van der Waals surface area contributed by atoms with Crippen LogP contribution in [0.15, 0.2) is 68.9 Å². The molecule has 0 fully saturated rings. The van der Waals surface area contributed by atoms with Crippen molar-refractivity contribution in [3.05, 3.63) is 74.8 Å². The van der Waals surface area contributed by atoms with Gasteiger partial charge in [0.15, 0.2) is 5.75 Å². The fourth-order valence-corrected chi connectivity index (χ4v) is 9.01. The lowest BCUT2D eigenvalue weighted by atomic mass is 9.95. The maximum Gasteiger partial charge on any atom is 0.247 e. The maximum atomic E-state index is 13.7. The van der Waals surface area contributed by atoms with Crippen molar-refractivity contribution < 1.29 is 21.9 Å². The van der Waals surface area contributed by atoms with E-state index in [1.54, 1.807) is 30.3 Å². The highest BCUT2D eigenvalue weighted by molar-refractivity contribution is 7.89. The zero-order valence-electron chi connectivity index (χ0n) is 23.8. The van der Waals surface area contributed by atoms with Crippen LogP contribution in [0.1, 0.15) is 39.7 Å². The summed E-state index contributed by atoms with van der Waals surface area (Å²) in [6.45, 7) is 10.2. The van der Waals surface area contributed by atoms with Gasteiger partial charge < -0.3 is 5.11 Å². The first kappa shape index (κ1) is 33.9. The Bertz CT molecular complexity index is 1520. The van der Waals surface area contributed by atoms with Crippen LogP contribution in [-0.4, -0.2) is 56.7 Å². The highest BCUT2D eigenvalue weighted by Gasteiger charge is 2.32. The van der Waals surface area contributed by atoms with E-state index in [4.69, 9.17) is 34.8 Å². The van der Waals surface area contributed by atoms with Crippen molar-refractivity contribution in [2.75, 3.05) is 26.2 Å². The van der Waals surface area contributed by atoms with E-state index in [2.05, 4.69) is 0 Å². The molecule has 226 valence electrons. The number of phenolic OH excluding ortho intramolecular Hbond substituents is 1. The zero-order chi connectivity index (χ0) is 30.7. The van der Waals surface area contributed by atoms with E-state index in [-0.39, 0.29) is 57.2 Å². The van der Waals surface area contributed by atoms with Gasteiger partial charge in [-0.25, -0.2) is 16.8 Å². The zero-order valence-corrected chi connectivity index (χ0v) is 27.7. The van der Waals surface area contributed by atoms with E-state index in [0.29, 0.717) is 23.6 Å². The smallest absolute Gasteiger partial charge is 0.247 e. The quantitative estimate of drug-likeness (QED) is 0.262. The molecule has 0 spiro atoms. The summed E-state index contributed by atoms with van der Waals surface area (Å²) in [6.07, 6.45) is 4.02. The second-order valence-corrected chi connectivity index (χ2v) is 16.4. The molecule has 12 heteroatoms. The fraction of sp³-hybridized carbons (Fsp3) is 0.448. The second kappa shape index (κ2) is 13.8. The fourth-order valence-electron chi connectivity index (χ4n) is 4.67.